The van der Waals surface area contributed by atoms with E-state index in [0.29, 0.717) is 0 Å². The minimum atomic E-state index is -1.67. The number of alkyl halides is 1. The number of carbonyl (C=O) groups is 3. The Hall–Kier alpha value is -2.02. The first-order valence-corrected chi connectivity index (χ1v) is 7.10. The van der Waals surface area contributed by atoms with Crippen LogP contribution in [0.4, 0.5) is 0 Å². The molecule has 6 nitrogen and oxygen atoms in total. The molecular formula is C14H10BrNO5. The molecule has 1 aromatic carbocycles. The van der Waals surface area contributed by atoms with E-state index in [-0.39, 0.29) is 23.4 Å². The first-order chi connectivity index (χ1) is 10.0. The molecule has 108 valence electrons. The Morgan fingerprint density at radius 2 is 2.05 bits per heavy atom. The van der Waals surface area contributed by atoms with Crippen LogP contribution in [0.25, 0.3) is 0 Å². The molecule has 1 aliphatic carbocycles. The van der Waals surface area contributed by atoms with Gasteiger partial charge in [-0.05, 0) is 22.9 Å². The highest BCUT2D eigenvalue weighted by Gasteiger charge is 2.62. The SMILES string of the molecule is CCOC(=O)C1=NOC2(Br)C(=O)c3ccccc3C(=O)C12. The van der Waals surface area contributed by atoms with Gasteiger partial charge in [0.2, 0.25) is 5.78 Å². The molecule has 0 saturated carbocycles. The summed E-state index contributed by atoms with van der Waals surface area (Å²) in [5, 5.41) is 3.61. The van der Waals surface area contributed by atoms with E-state index in [1.807, 2.05) is 0 Å². The number of carbonyl (C=O) groups excluding carboxylic acids is 3. The van der Waals surface area contributed by atoms with Crippen LogP contribution in [-0.2, 0) is 14.4 Å². The Balaban J connectivity index is 2.10. The van der Waals surface area contributed by atoms with Crippen LogP contribution in [0.1, 0.15) is 27.6 Å². The lowest BCUT2D eigenvalue weighted by atomic mass is 9.77. The number of hydrogen-bond donors (Lipinski definition) is 0. The largest absolute Gasteiger partial charge is 0.461 e. The number of halogens is 1. The smallest absolute Gasteiger partial charge is 0.357 e. The second kappa shape index (κ2) is 4.77. The third kappa shape index (κ3) is 1.84. The van der Waals surface area contributed by atoms with Gasteiger partial charge in [-0.2, -0.15) is 0 Å². The van der Waals surface area contributed by atoms with Gasteiger partial charge in [-0.25, -0.2) is 4.79 Å². The van der Waals surface area contributed by atoms with Gasteiger partial charge in [0.05, 0.1) is 6.61 Å². The van der Waals surface area contributed by atoms with E-state index < -0.39 is 28.0 Å². The monoisotopic (exact) mass is 351 g/mol. The van der Waals surface area contributed by atoms with E-state index in [1.54, 1.807) is 31.2 Å². The van der Waals surface area contributed by atoms with Crippen molar-refractivity contribution in [1.82, 2.24) is 0 Å². The number of benzene rings is 1. The molecule has 2 aliphatic rings. The van der Waals surface area contributed by atoms with Gasteiger partial charge in [0, 0.05) is 11.1 Å². The van der Waals surface area contributed by atoms with Gasteiger partial charge in [-0.15, -0.1) is 0 Å². The predicted molar refractivity (Wildman–Crippen MR) is 75.4 cm³/mol. The average molecular weight is 352 g/mol. The maximum Gasteiger partial charge on any atom is 0.357 e. The minimum absolute atomic E-state index is 0.137. The first kappa shape index (κ1) is 13.9. The molecule has 21 heavy (non-hydrogen) atoms. The van der Waals surface area contributed by atoms with E-state index in [0.717, 1.165) is 0 Å². The number of ether oxygens (including phenoxy) is 1. The summed E-state index contributed by atoms with van der Waals surface area (Å²) in [6.07, 6.45) is 0. The molecule has 0 radical (unpaired) electrons. The van der Waals surface area contributed by atoms with Crippen molar-refractivity contribution in [2.75, 3.05) is 6.61 Å². The number of hydrogen-bond acceptors (Lipinski definition) is 6. The zero-order valence-electron chi connectivity index (χ0n) is 11.0. The molecule has 0 fully saturated rings. The molecule has 0 bridgehead atoms. The van der Waals surface area contributed by atoms with Gasteiger partial charge in [-0.3, -0.25) is 9.59 Å². The van der Waals surface area contributed by atoms with E-state index >= 15 is 0 Å². The van der Waals surface area contributed by atoms with Crippen LogP contribution in [-0.4, -0.2) is 34.4 Å². The normalized spacial score (nSPS) is 26.6. The molecule has 2 atom stereocenters. The Morgan fingerprint density at radius 3 is 2.71 bits per heavy atom. The quantitative estimate of drug-likeness (QED) is 0.598. The average Bonchev–Trinajstić information content (AvgIpc) is 2.84. The molecule has 7 heteroatoms. The highest BCUT2D eigenvalue weighted by molar-refractivity contribution is 9.10. The Labute approximate surface area is 128 Å². The van der Waals surface area contributed by atoms with Crippen LogP contribution in [0.5, 0.6) is 0 Å². The van der Waals surface area contributed by atoms with Gasteiger partial charge >= 0.3 is 5.97 Å². The first-order valence-electron chi connectivity index (χ1n) is 6.30. The third-order valence-electron chi connectivity index (χ3n) is 3.42. The number of esters is 1. The fourth-order valence-electron chi connectivity index (χ4n) is 2.46. The van der Waals surface area contributed by atoms with E-state index in [9.17, 15) is 14.4 Å². The van der Waals surface area contributed by atoms with Gasteiger partial charge in [-0.1, -0.05) is 29.4 Å². The summed E-state index contributed by atoms with van der Waals surface area (Å²) in [5.74, 6) is -2.74. The van der Waals surface area contributed by atoms with Crippen molar-refractivity contribution < 1.29 is 24.0 Å². The van der Waals surface area contributed by atoms with Crippen molar-refractivity contribution in [3.8, 4) is 0 Å². The lowest BCUT2D eigenvalue weighted by Crippen LogP contribution is -2.51. The zero-order chi connectivity index (χ0) is 15.2. The molecule has 0 saturated heterocycles. The summed E-state index contributed by atoms with van der Waals surface area (Å²) in [4.78, 5) is 42.1. The number of oxime groups is 1. The third-order valence-corrected chi connectivity index (χ3v) is 4.38. The topological polar surface area (TPSA) is 82.0 Å². The second-order valence-electron chi connectivity index (χ2n) is 4.61. The minimum Gasteiger partial charge on any atom is -0.461 e. The molecular weight excluding hydrogens is 342 g/mol. The number of ketones is 2. The molecule has 2 unspecified atom stereocenters. The van der Waals surface area contributed by atoms with Crippen molar-refractivity contribution in [2.24, 2.45) is 11.1 Å². The van der Waals surface area contributed by atoms with Crippen molar-refractivity contribution in [3.63, 3.8) is 0 Å². The molecule has 0 amide bonds. The zero-order valence-corrected chi connectivity index (χ0v) is 12.5. The van der Waals surface area contributed by atoms with Crippen molar-refractivity contribution >= 4 is 39.2 Å². The summed E-state index contributed by atoms with van der Waals surface area (Å²) in [5.41, 5.74) is 0.308. The van der Waals surface area contributed by atoms with Crippen LogP contribution in [0.15, 0.2) is 29.4 Å². The van der Waals surface area contributed by atoms with Crippen LogP contribution in [0, 0.1) is 5.92 Å². The number of rotatable bonds is 2. The predicted octanol–water partition coefficient (Wildman–Crippen LogP) is 1.72. The van der Waals surface area contributed by atoms with Gasteiger partial charge in [0.1, 0.15) is 5.92 Å². The van der Waals surface area contributed by atoms with Gasteiger partial charge in [0.15, 0.2) is 11.5 Å². The summed E-state index contributed by atoms with van der Waals surface area (Å²) in [6.45, 7) is 1.78. The van der Waals surface area contributed by atoms with E-state index in [2.05, 4.69) is 21.1 Å². The van der Waals surface area contributed by atoms with Gasteiger partial charge in [0.25, 0.3) is 4.51 Å². The van der Waals surface area contributed by atoms with E-state index in [1.165, 1.54) is 0 Å². The maximum atomic E-state index is 12.6. The van der Waals surface area contributed by atoms with Crippen LogP contribution in [0.3, 0.4) is 0 Å². The molecule has 1 aromatic rings. The molecule has 1 heterocycles. The van der Waals surface area contributed by atoms with Crippen molar-refractivity contribution in [2.45, 2.75) is 11.4 Å². The molecule has 0 aromatic heterocycles. The summed E-state index contributed by atoms with van der Waals surface area (Å²) < 4.78 is 3.19. The molecule has 0 spiro atoms. The second-order valence-corrected chi connectivity index (χ2v) is 5.78. The van der Waals surface area contributed by atoms with E-state index in [4.69, 9.17) is 9.57 Å². The lowest BCUT2D eigenvalue weighted by Gasteiger charge is -2.30. The lowest BCUT2D eigenvalue weighted by molar-refractivity contribution is -0.135. The number of nitrogens with zero attached hydrogens (tertiary/aromatic N) is 1. The van der Waals surface area contributed by atoms with Crippen molar-refractivity contribution in [1.29, 1.82) is 0 Å². The fourth-order valence-corrected chi connectivity index (χ4v) is 3.17. The van der Waals surface area contributed by atoms with Gasteiger partial charge < -0.3 is 9.57 Å². The fraction of sp³-hybridized carbons (Fsp3) is 0.286. The van der Waals surface area contributed by atoms with Crippen LogP contribution >= 0.6 is 15.9 Å². The number of Topliss-reactive ketones (excluding diaryl/α,β-unsaturated/α-hetero) is 2. The highest BCUT2D eigenvalue weighted by Crippen LogP contribution is 2.45. The summed E-state index contributed by atoms with van der Waals surface area (Å²) in [6, 6.07) is 6.40. The summed E-state index contributed by atoms with van der Waals surface area (Å²) >= 11 is 3.14. The Kier molecular flexibility index (Phi) is 3.16. The standard InChI is InChI=1S/C14H10BrNO5/c1-2-20-13(19)10-9-11(17)7-5-3-4-6-8(7)12(18)14(9,15)21-16-10/h3-6,9H,2H2,1H3. The summed E-state index contributed by atoms with van der Waals surface area (Å²) in [7, 11) is 0. The maximum absolute atomic E-state index is 12.6. The Bertz CT molecular complexity index is 698. The molecule has 0 N–H and O–H groups in total. The van der Waals surface area contributed by atoms with Crippen LogP contribution < -0.4 is 0 Å². The highest BCUT2D eigenvalue weighted by atomic mass is 79.9. The van der Waals surface area contributed by atoms with Crippen molar-refractivity contribution in [3.05, 3.63) is 35.4 Å². The molecule has 1 aliphatic heterocycles. The number of fused-ring (bicyclic) bond motifs is 2. The van der Waals surface area contributed by atoms with Crippen LogP contribution in [0.2, 0.25) is 0 Å². The Morgan fingerprint density at radius 1 is 1.38 bits per heavy atom. The molecule has 3 rings (SSSR count).